The Morgan fingerprint density at radius 2 is 1.73 bits per heavy atom. The molecule has 6 nitrogen and oxygen atoms in total. The van der Waals surface area contributed by atoms with Crippen LogP contribution in [0.2, 0.25) is 0 Å². The van der Waals surface area contributed by atoms with Crippen molar-refractivity contribution in [3.05, 3.63) is 82.0 Å². The van der Waals surface area contributed by atoms with Gasteiger partial charge in [-0.2, -0.15) is 0 Å². The largest absolute Gasteiger partial charge is 0.442 e. The Hall–Kier alpha value is -3.41. The molecule has 0 radical (unpaired) electrons. The van der Waals surface area contributed by atoms with Gasteiger partial charge in [-0.25, -0.2) is 9.36 Å². The van der Waals surface area contributed by atoms with Crippen molar-refractivity contribution >= 4 is 0 Å². The second kappa shape index (κ2) is 6.48. The summed E-state index contributed by atoms with van der Waals surface area (Å²) in [6, 6.07) is 17.5. The van der Waals surface area contributed by atoms with Crippen LogP contribution in [-0.2, 0) is 6.54 Å². The fraction of sp³-hybridized carbons (Fsp3) is 0.150. The van der Waals surface area contributed by atoms with E-state index in [-0.39, 0.29) is 6.54 Å². The number of hydrogen-bond acceptors (Lipinski definition) is 5. The summed E-state index contributed by atoms with van der Waals surface area (Å²) in [7, 11) is 0. The minimum atomic E-state index is -0.531. The first-order valence-corrected chi connectivity index (χ1v) is 8.27. The summed E-state index contributed by atoms with van der Waals surface area (Å²) in [4.78, 5) is 12.1. The van der Waals surface area contributed by atoms with Crippen LogP contribution >= 0.6 is 0 Å². The summed E-state index contributed by atoms with van der Waals surface area (Å²) in [5.74, 6) is 0.499. The van der Waals surface area contributed by atoms with E-state index in [1.807, 2.05) is 68.4 Å². The molecule has 6 heteroatoms. The maximum Gasteiger partial charge on any atom is 0.442 e. The van der Waals surface area contributed by atoms with Gasteiger partial charge in [0.15, 0.2) is 11.6 Å². The zero-order chi connectivity index (χ0) is 18.1. The maximum atomic E-state index is 12.1. The second-order valence-corrected chi connectivity index (χ2v) is 6.22. The number of aromatic nitrogens is 3. The van der Waals surface area contributed by atoms with Crippen LogP contribution in [0.4, 0.5) is 0 Å². The van der Waals surface area contributed by atoms with E-state index in [0.717, 1.165) is 22.4 Å². The average Bonchev–Trinajstić information content (AvgIpc) is 3.24. The highest BCUT2D eigenvalue weighted by molar-refractivity contribution is 5.60. The first-order chi connectivity index (χ1) is 12.6. The molecule has 0 aliphatic rings. The highest BCUT2D eigenvalue weighted by Crippen LogP contribution is 2.23. The molecule has 0 spiro atoms. The number of hydrogen-bond donors (Lipinski definition) is 0. The van der Waals surface area contributed by atoms with E-state index in [0.29, 0.717) is 11.6 Å². The Morgan fingerprint density at radius 3 is 2.50 bits per heavy atom. The summed E-state index contributed by atoms with van der Waals surface area (Å²) < 4.78 is 11.7. The molecule has 2 aromatic heterocycles. The molecule has 2 aromatic carbocycles. The first-order valence-electron chi connectivity index (χ1n) is 8.27. The van der Waals surface area contributed by atoms with Gasteiger partial charge < -0.3 is 4.52 Å². The van der Waals surface area contributed by atoms with Gasteiger partial charge in [0, 0.05) is 17.2 Å². The van der Waals surface area contributed by atoms with Crippen LogP contribution in [0.15, 0.2) is 68.4 Å². The Labute approximate surface area is 149 Å². The van der Waals surface area contributed by atoms with Gasteiger partial charge in [-0.1, -0.05) is 64.4 Å². The molecule has 4 rings (SSSR count). The molecule has 0 bridgehead atoms. The van der Waals surface area contributed by atoms with Crippen molar-refractivity contribution in [3.63, 3.8) is 0 Å². The lowest BCUT2D eigenvalue weighted by Gasteiger charge is -2.04. The van der Waals surface area contributed by atoms with E-state index in [9.17, 15) is 4.79 Å². The Kier molecular flexibility index (Phi) is 4.01. The number of rotatable bonds is 4. The topological polar surface area (TPSA) is 74.1 Å². The van der Waals surface area contributed by atoms with E-state index in [4.69, 9.17) is 9.05 Å². The predicted octanol–water partition coefficient (Wildman–Crippen LogP) is 3.82. The Balaban J connectivity index is 1.67. The predicted molar refractivity (Wildman–Crippen MR) is 96.7 cm³/mol. The van der Waals surface area contributed by atoms with E-state index in [2.05, 4.69) is 10.3 Å². The molecule has 0 amide bonds. The van der Waals surface area contributed by atoms with Crippen LogP contribution in [0.1, 0.15) is 16.9 Å². The van der Waals surface area contributed by atoms with Crippen molar-refractivity contribution in [1.82, 2.24) is 14.9 Å². The van der Waals surface area contributed by atoms with E-state index in [1.165, 1.54) is 10.1 Å². The van der Waals surface area contributed by atoms with Crippen LogP contribution in [0.3, 0.4) is 0 Å². The van der Waals surface area contributed by atoms with Crippen molar-refractivity contribution < 1.29 is 9.05 Å². The van der Waals surface area contributed by atoms with Crippen molar-refractivity contribution in [3.8, 4) is 22.6 Å². The van der Waals surface area contributed by atoms with Gasteiger partial charge in [0.25, 0.3) is 0 Å². The number of benzene rings is 2. The molecular weight excluding hydrogens is 330 g/mol. The molecule has 130 valence electrons. The van der Waals surface area contributed by atoms with Crippen LogP contribution in [0.5, 0.6) is 0 Å². The molecule has 4 aromatic rings. The zero-order valence-corrected chi connectivity index (χ0v) is 14.5. The highest BCUT2D eigenvalue weighted by atomic mass is 16.5. The third-order valence-corrected chi connectivity index (χ3v) is 4.29. The van der Waals surface area contributed by atoms with Gasteiger partial charge in [-0.3, -0.25) is 4.52 Å². The van der Waals surface area contributed by atoms with Crippen molar-refractivity contribution in [2.24, 2.45) is 0 Å². The lowest BCUT2D eigenvalue weighted by molar-refractivity contribution is 0.358. The highest BCUT2D eigenvalue weighted by Gasteiger charge is 2.17. The normalized spacial score (nSPS) is 11.0. The molecule has 0 aliphatic carbocycles. The molecule has 2 heterocycles. The van der Waals surface area contributed by atoms with Crippen molar-refractivity contribution in [1.29, 1.82) is 0 Å². The lowest BCUT2D eigenvalue weighted by Crippen LogP contribution is -2.16. The fourth-order valence-electron chi connectivity index (χ4n) is 2.83. The SMILES string of the molecule is Cc1ccc(-c2cc(Cn3c(-c4ccccc4C)noc3=O)on2)cc1. The van der Waals surface area contributed by atoms with Crippen LogP contribution in [-0.4, -0.2) is 14.9 Å². The van der Waals surface area contributed by atoms with Gasteiger partial charge in [-0.05, 0) is 19.4 Å². The molecule has 0 unspecified atom stereocenters. The molecular formula is C20H17N3O3. The molecule has 0 saturated heterocycles. The Morgan fingerprint density at radius 1 is 0.962 bits per heavy atom. The fourth-order valence-corrected chi connectivity index (χ4v) is 2.83. The Bertz CT molecular complexity index is 1100. The molecule has 0 N–H and O–H groups in total. The summed E-state index contributed by atoms with van der Waals surface area (Å²) in [6.45, 7) is 4.19. The third-order valence-electron chi connectivity index (χ3n) is 4.29. The quantitative estimate of drug-likeness (QED) is 0.561. The van der Waals surface area contributed by atoms with Gasteiger partial charge in [0.1, 0.15) is 5.69 Å². The van der Waals surface area contributed by atoms with Gasteiger partial charge in [0.05, 0.1) is 6.54 Å². The third kappa shape index (κ3) is 2.97. The minimum absolute atomic E-state index is 0.199. The van der Waals surface area contributed by atoms with E-state index < -0.39 is 5.76 Å². The maximum absolute atomic E-state index is 12.1. The molecule has 0 atom stereocenters. The smallest absolute Gasteiger partial charge is 0.359 e. The summed E-state index contributed by atoms with van der Waals surface area (Å²) in [5, 5.41) is 8.04. The molecule has 0 aliphatic heterocycles. The summed E-state index contributed by atoms with van der Waals surface area (Å²) in [6.07, 6.45) is 0. The van der Waals surface area contributed by atoms with Crippen LogP contribution < -0.4 is 5.76 Å². The first kappa shape index (κ1) is 16.1. The van der Waals surface area contributed by atoms with Gasteiger partial charge in [-0.15, -0.1) is 0 Å². The monoisotopic (exact) mass is 347 g/mol. The molecule has 0 fully saturated rings. The van der Waals surface area contributed by atoms with Crippen LogP contribution in [0, 0.1) is 13.8 Å². The van der Waals surface area contributed by atoms with Gasteiger partial charge in [0.2, 0.25) is 0 Å². The lowest BCUT2D eigenvalue weighted by atomic mass is 10.1. The molecule has 0 saturated carbocycles. The zero-order valence-electron chi connectivity index (χ0n) is 14.5. The molecule has 26 heavy (non-hydrogen) atoms. The van der Waals surface area contributed by atoms with E-state index >= 15 is 0 Å². The van der Waals surface area contributed by atoms with Crippen molar-refractivity contribution in [2.75, 3.05) is 0 Å². The second-order valence-electron chi connectivity index (χ2n) is 6.22. The number of nitrogens with zero attached hydrogens (tertiary/aromatic N) is 3. The summed E-state index contributed by atoms with van der Waals surface area (Å²) in [5.41, 5.74) is 4.71. The summed E-state index contributed by atoms with van der Waals surface area (Å²) >= 11 is 0. The standard InChI is InChI=1S/C20H17N3O3/c1-13-7-9-15(10-8-13)18-11-16(25-21-18)12-23-19(22-26-20(23)24)17-6-4-3-5-14(17)2/h3-11H,12H2,1-2H3. The number of aryl methyl sites for hydroxylation is 2. The van der Waals surface area contributed by atoms with Crippen LogP contribution in [0.25, 0.3) is 22.6 Å². The van der Waals surface area contributed by atoms with Gasteiger partial charge >= 0.3 is 5.76 Å². The minimum Gasteiger partial charge on any atom is -0.359 e. The van der Waals surface area contributed by atoms with Crippen molar-refractivity contribution in [2.45, 2.75) is 20.4 Å². The van der Waals surface area contributed by atoms with E-state index in [1.54, 1.807) is 0 Å². The average molecular weight is 347 g/mol.